The van der Waals surface area contributed by atoms with Crippen LogP contribution < -0.4 is 10.2 Å². The summed E-state index contributed by atoms with van der Waals surface area (Å²) in [4.78, 5) is 14.0. The van der Waals surface area contributed by atoms with Gasteiger partial charge in [0.05, 0.1) is 13.2 Å². The summed E-state index contributed by atoms with van der Waals surface area (Å²) in [6.45, 7) is 11.0. The summed E-state index contributed by atoms with van der Waals surface area (Å²) >= 11 is 0. The zero-order valence-corrected chi connectivity index (χ0v) is 13.0. The molecule has 0 aliphatic carbocycles. The van der Waals surface area contributed by atoms with Gasteiger partial charge in [-0.05, 0) is 20.3 Å². The van der Waals surface area contributed by atoms with E-state index in [0.717, 1.165) is 63.3 Å². The number of rotatable bonds is 4. The molecule has 1 unspecified atom stereocenters. The van der Waals surface area contributed by atoms with E-state index >= 15 is 0 Å². The van der Waals surface area contributed by atoms with Crippen LogP contribution in [0.5, 0.6) is 0 Å². The molecule has 0 saturated carbocycles. The Morgan fingerprint density at radius 2 is 2.14 bits per heavy atom. The normalized spacial score (nSPS) is 23.5. The molecule has 0 amide bonds. The van der Waals surface area contributed by atoms with Crippen LogP contribution in [0.3, 0.4) is 0 Å². The lowest BCUT2D eigenvalue weighted by Gasteiger charge is -2.32. The standard InChI is InChI=1S/C15H25N5O/c1-3-16-15-17-10-12(2)14(18-15)20-5-4-13(11-20)19-6-8-21-9-7-19/h10,13H,3-9,11H2,1-2H3,(H,16,17,18). The van der Waals surface area contributed by atoms with E-state index < -0.39 is 0 Å². The second-order valence-electron chi connectivity index (χ2n) is 5.77. The zero-order chi connectivity index (χ0) is 14.7. The van der Waals surface area contributed by atoms with E-state index in [2.05, 4.69) is 38.9 Å². The van der Waals surface area contributed by atoms with Gasteiger partial charge in [-0.15, -0.1) is 0 Å². The first-order valence-electron chi connectivity index (χ1n) is 7.92. The highest BCUT2D eigenvalue weighted by molar-refractivity contribution is 5.50. The van der Waals surface area contributed by atoms with Crippen LogP contribution in [0.1, 0.15) is 18.9 Å². The molecule has 2 fully saturated rings. The van der Waals surface area contributed by atoms with Crippen molar-refractivity contribution in [1.29, 1.82) is 0 Å². The molecule has 6 nitrogen and oxygen atoms in total. The predicted octanol–water partition coefficient (Wildman–Crippen LogP) is 1.13. The Balaban J connectivity index is 1.68. The molecule has 0 bridgehead atoms. The van der Waals surface area contributed by atoms with Gasteiger partial charge in [0.25, 0.3) is 0 Å². The SMILES string of the molecule is CCNc1ncc(C)c(N2CCC(N3CCOCC3)C2)n1. The molecule has 21 heavy (non-hydrogen) atoms. The molecule has 3 rings (SSSR count). The number of aryl methyl sites for hydroxylation is 1. The third-order valence-corrected chi connectivity index (χ3v) is 4.30. The van der Waals surface area contributed by atoms with Crippen LogP contribution in [0.4, 0.5) is 11.8 Å². The summed E-state index contributed by atoms with van der Waals surface area (Å²) < 4.78 is 5.45. The van der Waals surface area contributed by atoms with Crippen molar-refractivity contribution in [3.8, 4) is 0 Å². The van der Waals surface area contributed by atoms with Gasteiger partial charge in [-0.3, -0.25) is 4.90 Å². The molecule has 1 atom stereocenters. The average molecular weight is 291 g/mol. The molecular formula is C15H25N5O. The minimum atomic E-state index is 0.630. The molecule has 116 valence electrons. The monoisotopic (exact) mass is 291 g/mol. The molecule has 0 aromatic carbocycles. The maximum atomic E-state index is 5.45. The Morgan fingerprint density at radius 1 is 1.33 bits per heavy atom. The fraction of sp³-hybridized carbons (Fsp3) is 0.733. The van der Waals surface area contributed by atoms with E-state index in [-0.39, 0.29) is 0 Å². The number of morpholine rings is 1. The maximum Gasteiger partial charge on any atom is 0.224 e. The molecule has 0 spiro atoms. The van der Waals surface area contributed by atoms with Gasteiger partial charge >= 0.3 is 0 Å². The van der Waals surface area contributed by atoms with E-state index in [1.807, 2.05) is 6.20 Å². The third-order valence-electron chi connectivity index (χ3n) is 4.30. The van der Waals surface area contributed by atoms with Crippen LogP contribution in [-0.2, 0) is 4.74 Å². The Labute approximate surface area is 126 Å². The van der Waals surface area contributed by atoms with E-state index in [1.54, 1.807) is 0 Å². The van der Waals surface area contributed by atoms with Crippen LogP contribution in [-0.4, -0.2) is 66.8 Å². The van der Waals surface area contributed by atoms with Crippen LogP contribution in [0.25, 0.3) is 0 Å². The lowest BCUT2D eigenvalue weighted by Crippen LogP contribution is -2.44. The fourth-order valence-electron chi connectivity index (χ4n) is 3.17. The first kappa shape index (κ1) is 14.5. The summed E-state index contributed by atoms with van der Waals surface area (Å²) in [7, 11) is 0. The van der Waals surface area contributed by atoms with Gasteiger partial charge in [-0.2, -0.15) is 4.98 Å². The Morgan fingerprint density at radius 3 is 2.90 bits per heavy atom. The molecule has 6 heteroatoms. The van der Waals surface area contributed by atoms with Crippen LogP contribution in [0.2, 0.25) is 0 Å². The van der Waals surface area contributed by atoms with Crippen molar-refractivity contribution in [2.75, 3.05) is 56.2 Å². The summed E-state index contributed by atoms with van der Waals surface area (Å²) in [6, 6.07) is 0.630. The second kappa shape index (κ2) is 6.58. The molecule has 2 aliphatic rings. The van der Waals surface area contributed by atoms with Gasteiger partial charge < -0.3 is 15.0 Å². The number of anilines is 2. The molecule has 2 aliphatic heterocycles. The summed E-state index contributed by atoms with van der Waals surface area (Å²) in [5, 5.41) is 3.20. The highest BCUT2D eigenvalue weighted by Crippen LogP contribution is 2.25. The van der Waals surface area contributed by atoms with Gasteiger partial charge in [0.2, 0.25) is 5.95 Å². The van der Waals surface area contributed by atoms with Gasteiger partial charge in [0, 0.05) is 50.5 Å². The van der Waals surface area contributed by atoms with Gasteiger partial charge in [-0.25, -0.2) is 4.98 Å². The predicted molar refractivity (Wildman–Crippen MR) is 83.9 cm³/mol. The van der Waals surface area contributed by atoms with Crippen LogP contribution in [0.15, 0.2) is 6.20 Å². The largest absolute Gasteiger partial charge is 0.379 e. The minimum absolute atomic E-state index is 0.630. The Kier molecular flexibility index (Phi) is 4.55. The Bertz CT molecular complexity index is 475. The molecule has 1 aromatic heterocycles. The van der Waals surface area contributed by atoms with Gasteiger partial charge in [0.15, 0.2) is 0 Å². The van der Waals surface area contributed by atoms with E-state index in [9.17, 15) is 0 Å². The van der Waals surface area contributed by atoms with Crippen molar-refractivity contribution in [3.05, 3.63) is 11.8 Å². The van der Waals surface area contributed by atoms with Crippen LogP contribution >= 0.6 is 0 Å². The number of hydrogen-bond acceptors (Lipinski definition) is 6. The maximum absolute atomic E-state index is 5.45. The number of nitrogens with zero attached hydrogens (tertiary/aromatic N) is 4. The van der Waals surface area contributed by atoms with Gasteiger partial charge in [0.1, 0.15) is 5.82 Å². The smallest absolute Gasteiger partial charge is 0.224 e. The van der Waals surface area contributed by atoms with Crippen molar-refractivity contribution >= 4 is 11.8 Å². The Hall–Kier alpha value is -1.40. The topological polar surface area (TPSA) is 53.5 Å². The molecule has 1 N–H and O–H groups in total. The van der Waals surface area contributed by atoms with Crippen molar-refractivity contribution in [2.45, 2.75) is 26.3 Å². The quantitative estimate of drug-likeness (QED) is 0.897. The summed E-state index contributed by atoms with van der Waals surface area (Å²) in [5.41, 5.74) is 1.15. The number of hydrogen-bond donors (Lipinski definition) is 1. The highest BCUT2D eigenvalue weighted by atomic mass is 16.5. The lowest BCUT2D eigenvalue weighted by molar-refractivity contribution is 0.0209. The fourth-order valence-corrected chi connectivity index (χ4v) is 3.17. The van der Waals surface area contributed by atoms with E-state index in [0.29, 0.717) is 6.04 Å². The first-order chi connectivity index (χ1) is 10.3. The number of aromatic nitrogens is 2. The molecule has 3 heterocycles. The average Bonchev–Trinajstić information content (AvgIpc) is 3.00. The van der Waals surface area contributed by atoms with Crippen molar-refractivity contribution in [2.24, 2.45) is 0 Å². The zero-order valence-electron chi connectivity index (χ0n) is 13.0. The van der Waals surface area contributed by atoms with E-state index in [4.69, 9.17) is 4.74 Å². The third kappa shape index (κ3) is 3.27. The van der Waals surface area contributed by atoms with Crippen molar-refractivity contribution in [3.63, 3.8) is 0 Å². The minimum Gasteiger partial charge on any atom is -0.379 e. The second-order valence-corrected chi connectivity index (χ2v) is 5.77. The van der Waals surface area contributed by atoms with Crippen molar-refractivity contribution in [1.82, 2.24) is 14.9 Å². The van der Waals surface area contributed by atoms with Crippen molar-refractivity contribution < 1.29 is 4.74 Å². The summed E-state index contributed by atoms with van der Waals surface area (Å²) in [6.07, 6.45) is 3.13. The van der Waals surface area contributed by atoms with Crippen LogP contribution in [0, 0.1) is 6.92 Å². The number of nitrogens with one attached hydrogen (secondary N) is 1. The number of ether oxygens (including phenoxy) is 1. The van der Waals surface area contributed by atoms with Gasteiger partial charge in [-0.1, -0.05) is 0 Å². The molecular weight excluding hydrogens is 266 g/mol. The first-order valence-corrected chi connectivity index (χ1v) is 7.92. The highest BCUT2D eigenvalue weighted by Gasteiger charge is 2.30. The molecule has 1 aromatic rings. The van der Waals surface area contributed by atoms with E-state index in [1.165, 1.54) is 6.42 Å². The lowest BCUT2D eigenvalue weighted by atomic mass is 10.2. The molecule has 2 saturated heterocycles. The summed E-state index contributed by atoms with van der Waals surface area (Å²) in [5.74, 6) is 1.81. The molecule has 0 radical (unpaired) electrons.